The first-order valence-electron chi connectivity index (χ1n) is 9.73. The second kappa shape index (κ2) is 9.15. The summed E-state index contributed by atoms with van der Waals surface area (Å²) in [5.74, 6) is 1.29. The van der Waals surface area contributed by atoms with Crippen LogP contribution in [-0.2, 0) is 17.7 Å². The van der Waals surface area contributed by atoms with Gasteiger partial charge in [0.25, 0.3) is 0 Å². The van der Waals surface area contributed by atoms with E-state index in [1.165, 1.54) is 5.01 Å². The fourth-order valence-electron chi connectivity index (χ4n) is 3.20. The zero-order chi connectivity index (χ0) is 20.1. The molecule has 0 amide bonds. The third-order valence-electron chi connectivity index (χ3n) is 4.80. The number of thiazole rings is 1. The van der Waals surface area contributed by atoms with Gasteiger partial charge in [-0.15, -0.1) is 11.3 Å². The van der Waals surface area contributed by atoms with Gasteiger partial charge in [-0.1, -0.05) is 18.2 Å². The monoisotopic (exact) mass is 408 g/mol. The van der Waals surface area contributed by atoms with Gasteiger partial charge in [0.05, 0.1) is 23.5 Å². The molecule has 0 saturated carbocycles. The highest BCUT2D eigenvalue weighted by Crippen LogP contribution is 2.30. The number of para-hydroxylation sites is 1. The first-order valence-corrected chi connectivity index (χ1v) is 10.6. The number of hydrogen-bond acceptors (Lipinski definition) is 6. The number of nitrogens with zero attached hydrogens (tertiary/aromatic N) is 4. The highest BCUT2D eigenvalue weighted by atomic mass is 32.1. The van der Waals surface area contributed by atoms with Gasteiger partial charge in [-0.2, -0.15) is 0 Å². The molecule has 0 unspecified atom stereocenters. The van der Waals surface area contributed by atoms with Crippen molar-refractivity contribution in [3.05, 3.63) is 64.5 Å². The van der Waals surface area contributed by atoms with E-state index in [1.54, 1.807) is 11.3 Å². The van der Waals surface area contributed by atoms with Gasteiger partial charge < -0.3 is 14.0 Å². The van der Waals surface area contributed by atoms with E-state index in [0.29, 0.717) is 12.5 Å². The molecule has 29 heavy (non-hydrogen) atoms. The van der Waals surface area contributed by atoms with Crippen molar-refractivity contribution in [2.45, 2.75) is 33.2 Å². The summed E-state index contributed by atoms with van der Waals surface area (Å²) in [6.07, 6.45) is 5.64. The lowest BCUT2D eigenvalue weighted by Gasteiger charge is -2.11. The van der Waals surface area contributed by atoms with Crippen LogP contribution in [0.5, 0.6) is 11.6 Å². The molecule has 3 heterocycles. The Kier molecular flexibility index (Phi) is 6.17. The van der Waals surface area contributed by atoms with Crippen LogP contribution in [0.4, 0.5) is 0 Å². The molecular formula is C22H24N4O2S. The molecule has 0 aliphatic carbocycles. The van der Waals surface area contributed by atoms with Crippen LogP contribution in [-0.4, -0.2) is 32.7 Å². The highest BCUT2D eigenvalue weighted by molar-refractivity contribution is 7.09. The minimum Gasteiger partial charge on any atom is -0.437 e. The number of hydrogen-bond donors (Lipinski definition) is 0. The Morgan fingerprint density at radius 2 is 1.93 bits per heavy atom. The minimum atomic E-state index is 0.539. The smallest absolute Gasteiger partial charge is 0.247 e. The molecule has 0 atom stereocenters. The first kappa shape index (κ1) is 19.5. The van der Waals surface area contributed by atoms with Gasteiger partial charge in [0.15, 0.2) is 5.52 Å². The van der Waals surface area contributed by atoms with E-state index < -0.39 is 0 Å². The molecular weight excluding hydrogens is 384 g/mol. The number of imidazole rings is 1. The van der Waals surface area contributed by atoms with E-state index in [2.05, 4.69) is 26.4 Å². The first-order chi connectivity index (χ1) is 14.2. The molecule has 0 aliphatic rings. The maximum Gasteiger partial charge on any atom is 0.247 e. The Hall–Kier alpha value is -2.77. The third kappa shape index (κ3) is 4.63. The summed E-state index contributed by atoms with van der Waals surface area (Å²) in [6.45, 7) is 6.18. The lowest BCUT2D eigenvalue weighted by atomic mass is 10.2. The van der Waals surface area contributed by atoms with Crippen molar-refractivity contribution in [2.24, 2.45) is 0 Å². The number of ether oxygens (including phenoxy) is 2. The highest BCUT2D eigenvalue weighted by Gasteiger charge is 2.16. The van der Waals surface area contributed by atoms with Crippen molar-refractivity contribution in [3.8, 4) is 11.6 Å². The van der Waals surface area contributed by atoms with E-state index in [9.17, 15) is 0 Å². The predicted molar refractivity (Wildman–Crippen MR) is 115 cm³/mol. The number of rotatable bonds is 9. The molecule has 150 valence electrons. The lowest BCUT2D eigenvalue weighted by Crippen LogP contribution is -2.07. The molecule has 0 N–H and O–H groups in total. The van der Waals surface area contributed by atoms with Crippen molar-refractivity contribution < 1.29 is 9.47 Å². The quantitative estimate of drug-likeness (QED) is 0.367. The van der Waals surface area contributed by atoms with Gasteiger partial charge in [0, 0.05) is 36.8 Å². The summed E-state index contributed by atoms with van der Waals surface area (Å²) in [5.41, 5.74) is 3.88. The summed E-state index contributed by atoms with van der Waals surface area (Å²) in [7, 11) is 0. The number of aromatic nitrogens is 4. The van der Waals surface area contributed by atoms with Crippen LogP contribution in [0.15, 0.2) is 48.2 Å². The van der Waals surface area contributed by atoms with Gasteiger partial charge in [-0.3, -0.25) is 0 Å². The topological polar surface area (TPSA) is 62.1 Å². The largest absolute Gasteiger partial charge is 0.437 e. The fourth-order valence-corrected chi connectivity index (χ4v) is 3.86. The van der Waals surface area contributed by atoms with Crippen molar-refractivity contribution in [1.29, 1.82) is 0 Å². The van der Waals surface area contributed by atoms with E-state index in [-0.39, 0.29) is 0 Å². The van der Waals surface area contributed by atoms with Crippen molar-refractivity contribution in [3.63, 3.8) is 0 Å². The summed E-state index contributed by atoms with van der Waals surface area (Å²) in [6, 6.07) is 9.68. The summed E-state index contributed by atoms with van der Waals surface area (Å²) < 4.78 is 14.0. The molecule has 7 heteroatoms. The Balaban J connectivity index is 1.42. The van der Waals surface area contributed by atoms with Crippen molar-refractivity contribution in [1.82, 2.24) is 19.5 Å². The minimum absolute atomic E-state index is 0.539. The van der Waals surface area contributed by atoms with Gasteiger partial charge in [0.2, 0.25) is 5.88 Å². The zero-order valence-electron chi connectivity index (χ0n) is 16.7. The van der Waals surface area contributed by atoms with E-state index in [0.717, 1.165) is 54.0 Å². The maximum atomic E-state index is 6.01. The average Bonchev–Trinajstić information content (AvgIpc) is 3.39. The van der Waals surface area contributed by atoms with Gasteiger partial charge >= 0.3 is 0 Å². The number of benzene rings is 1. The van der Waals surface area contributed by atoms with Crippen molar-refractivity contribution >= 4 is 22.4 Å². The SMILES string of the molecule is Cc1nc(Oc2ccccc2)c2ncn(CCOCCCc3nccs3)c2c1C. The normalized spacial score (nSPS) is 11.2. The molecule has 4 aromatic rings. The van der Waals surface area contributed by atoms with Gasteiger partial charge in [-0.25, -0.2) is 15.0 Å². The summed E-state index contributed by atoms with van der Waals surface area (Å²) >= 11 is 1.69. The molecule has 0 radical (unpaired) electrons. The van der Waals surface area contributed by atoms with Crippen LogP contribution < -0.4 is 4.74 Å². The van der Waals surface area contributed by atoms with Crippen molar-refractivity contribution in [2.75, 3.05) is 13.2 Å². The van der Waals surface area contributed by atoms with E-state index in [1.807, 2.05) is 55.2 Å². The second-order valence-corrected chi connectivity index (χ2v) is 7.80. The van der Waals surface area contributed by atoms with Crippen LogP contribution in [0.3, 0.4) is 0 Å². The summed E-state index contributed by atoms with van der Waals surface area (Å²) in [5, 5.41) is 3.17. The summed E-state index contributed by atoms with van der Waals surface area (Å²) in [4.78, 5) is 13.5. The lowest BCUT2D eigenvalue weighted by molar-refractivity contribution is 0.125. The molecule has 4 rings (SSSR count). The van der Waals surface area contributed by atoms with Crippen LogP contribution in [0.2, 0.25) is 0 Å². The second-order valence-electron chi connectivity index (χ2n) is 6.82. The molecule has 0 saturated heterocycles. The molecule has 6 nitrogen and oxygen atoms in total. The molecule has 0 fully saturated rings. The van der Waals surface area contributed by atoms with E-state index >= 15 is 0 Å². The fraction of sp³-hybridized carbons (Fsp3) is 0.318. The molecule has 0 spiro atoms. The molecule has 0 bridgehead atoms. The average molecular weight is 409 g/mol. The Labute approximate surface area is 174 Å². The Bertz CT molecular complexity index is 1060. The zero-order valence-corrected chi connectivity index (χ0v) is 17.5. The predicted octanol–water partition coefficient (Wildman–Crippen LogP) is 4.95. The maximum absolute atomic E-state index is 6.01. The third-order valence-corrected chi connectivity index (χ3v) is 5.64. The van der Waals surface area contributed by atoms with Gasteiger partial charge in [-0.05, 0) is 38.0 Å². The Morgan fingerprint density at radius 3 is 2.72 bits per heavy atom. The molecule has 1 aromatic carbocycles. The van der Waals surface area contributed by atoms with E-state index in [4.69, 9.17) is 9.47 Å². The van der Waals surface area contributed by atoms with Crippen LogP contribution >= 0.6 is 11.3 Å². The standard InChI is InChI=1S/C22H24N4O2S/c1-16-17(2)25-22(28-18-7-4-3-5-8-18)20-21(16)26(15-24-20)11-13-27-12-6-9-19-23-10-14-29-19/h3-5,7-8,10,14-15H,6,9,11-13H2,1-2H3. The van der Waals surface area contributed by atoms with Crippen LogP contribution in [0, 0.1) is 13.8 Å². The van der Waals surface area contributed by atoms with Gasteiger partial charge in [0.1, 0.15) is 5.75 Å². The Morgan fingerprint density at radius 1 is 1.07 bits per heavy atom. The number of aryl methyl sites for hydroxylation is 3. The van der Waals surface area contributed by atoms with Crippen LogP contribution in [0.1, 0.15) is 22.7 Å². The molecule has 3 aromatic heterocycles. The molecule has 0 aliphatic heterocycles. The number of pyridine rings is 1. The van der Waals surface area contributed by atoms with Crippen LogP contribution in [0.25, 0.3) is 11.0 Å². The number of fused-ring (bicyclic) bond motifs is 1.